The molecule has 1 unspecified atom stereocenters. The van der Waals surface area contributed by atoms with Crippen LogP contribution in [-0.2, 0) is 6.18 Å². The lowest BCUT2D eigenvalue weighted by Crippen LogP contribution is -2.22. The van der Waals surface area contributed by atoms with Crippen LogP contribution in [0.3, 0.4) is 0 Å². The second kappa shape index (κ2) is 6.00. The fraction of sp³-hybridized carbons (Fsp3) is 0.583. The molecule has 5 heteroatoms. The van der Waals surface area contributed by atoms with E-state index in [2.05, 4.69) is 10.3 Å². The topological polar surface area (TPSA) is 24.9 Å². The van der Waals surface area contributed by atoms with Crippen molar-refractivity contribution in [2.24, 2.45) is 0 Å². The fourth-order valence-corrected chi connectivity index (χ4v) is 1.56. The minimum absolute atomic E-state index is 0.0252. The van der Waals surface area contributed by atoms with Gasteiger partial charge in [-0.1, -0.05) is 13.8 Å². The summed E-state index contributed by atoms with van der Waals surface area (Å²) in [7, 11) is 0. The summed E-state index contributed by atoms with van der Waals surface area (Å²) < 4.78 is 37.0. The predicted molar refractivity (Wildman–Crippen MR) is 60.6 cm³/mol. The number of hydrogen-bond donors (Lipinski definition) is 1. The molecule has 96 valence electrons. The molecule has 0 aromatic carbocycles. The van der Waals surface area contributed by atoms with Crippen LogP contribution in [0.4, 0.5) is 13.2 Å². The molecular weight excluding hydrogens is 229 g/mol. The average Bonchev–Trinajstić information content (AvgIpc) is 2.29. The molecule has 0 spiro atoms. The molecule has 1 heterocycles. The first-order valence-corrected chi connectivity index (χ1v) is 5.75. The van der Waals surface area contributed by atoms with Gasteiger partial charge in [0.25, 0.3) is 0 Å². The lowest BCUT2D eigenvalue weighted by atomic mass is 10.1. The number of hydrogen-bond acceptors (Lipinski definition) is 2. The first-order chi connectivity index (χ1) is 7.99. The summed E-state index contributed by atoms with van der Waals surface area (Å²) >= 11 is 0. The molecule has 0 radical (unpaired) electrons. The van der Waals surface area contributed by atoms with Crippen LogP contribution in [0.5, 0.6) is 0 Å². The minimum Gasteiger partial charge on any atom is -0.309 e. The molecule has 17 heavy (non-hydrogen) atoms. The zero-order valence-electron chi connectivity index (χ0n) is 10.0. The van der Waals surface area contributed by atoms with Gasteiger partial charge in [0.2, 0.25) is 0 Å². The molecule has 0 amide bonds. The highest BCUT2D eigenvalue weighted by Gasteiger charge is 2.30. The average molecular weight is 246 g/mol. The van der Waals surface area contributed by atoms with Gasteiger partial charge in [0, 0.05) is 12.2 Å². The Balaban J connectivity index is 2.78. The highest BCUT2D eigenvalue weighted by molar-refractivity contribution is 5.18. The van der Waals surface area contributed by atoms with Gasteiger partial charge in [0.05, 0.1) is 11.3 Å². The van der Waals surface area contributed by atoms with Crippen molar-refractivity contribution in [3.05, 3.63) is 29.6 Å². The molecule has 1 rings (SSSR count). The van der Waals surface area contributed by atoms with Gasteiger partial charge in [0.1, 0.15) is 0 Å². The summed E-state index contributed by atoms with van der Waals surface area (Å²) in [5, 5.41) is 3.25. The van der Waals surface area contributed by atoms with Crippen LogP contribution in [0.15, 0.2) is 18.3 Å². The maximum Gasteiger partial charge on any atom is 0.417 e. The standard InChI is InChI=1S/C12H17F3N2/c1-3-7-16-10(4-2)11-6-5-9(8-17-11)12(13,14)15/h5-6,8,10,16H,3-4,7H2,1-2H3. The molecule has 1 aromatic heterocycles. The van der Waals surface area contributed by atoms with Gasteiger partial charge in [-0.3, -0.25) is 4.98 Å². The number of pyridine rings is 1. The van der Waals surface area contributed by atoms with Crippen molar-refractivity contribution in [2.45, 2.75) is 38.9 Å². The van der Waals surface area contributed by atoms with Crippen molar-refractivity contribution in [2.75, 3.05) is 6.54 Å². The molecule has 2 nitrogen and oxygen atoms in total. The lowest BCUT2D eigenvalue weighted by molar-refractivity contribution is -0.137. The third kappa shape index (κ3) is 4.00. The molecule has 0 fully saturated rings. The van der Waals surface area contributed by atoms with E-state index in [9.17, 15) is 13.2 Å². The Morgan fingerprint density at radius 1 is 1.29 bits per heavy atom. The maximum absolute atomic E-state index is 12.3. The Morgan fingerprint density at radius 2 is 2.00 bits per heavy atom. The number of halogens is 3. The number of rotatable bonds is 5. The Kier molecular flexibility index (Phi) is 4.93. The largest absolute Gasteiger partial charge is 0.417 e. The smallest absolute Gasteiger partial charge is 0.309 e. The first kappa shape index (κ1) is 14.0. The molecular formula is C12H17F3N2. The van der Waals surface area contributed by atoms with Gasteiger partial charge in [-0.25, -0.2) is 0 Å². The molecule has 1 N–H and O–H groups in total. The van der Waals surface area contributed by atoms with E-state index in [1.165, 1.54) is 6.07 Å². The minimum atomic E-state index is -4.32. The van der Waals surface area contributed by atoms with Gasteiger partial charge in [-0.05, 0) is 31.5 Å². The summed E-state index contributed by atoms with van der Waals surface area (Å²) in [6, 6.07) is 2.55. The Bertz CT molecular complexity index is 333. The van der Waals surface area contributed by atoms with Crippen molar-refractivity contribution >= 4 is 0 Å². The number of aromatic nitrogens is 1. The molecule has 1 aromatic rings. The van der Waals surface area contributed by atoms with Gasteiger partial charge < -0.3 is 5.32 Å². The summed E-state index contributed by atoms with van der Waals surface area (Å²) in [6.07, 6.45) is -1.63. The third-order valence-electron chi connectivity index (χ3n) is 2.52. The van der Waals surface area contributed by atoms with E-state index in [0.29, 0.717) is 5.69 Å². The van der Waals surface area contributed by atoms with Crippen LogP contribution in [0, 0.1) is 0 Å². The molecule has 0 aliphatic rings. The van der Waals surface area contributed by atoms with Gasteiger partial charge >= 0.3 is 6.18 Å². The predicted octanol–water partition coefficient (Wildman–Crippen LogP) is 3.55. The van der Waals surface area contributed by atoms with Crippen LogP contribution in [0.1, 0.15) is 44.0 Å². The third-order valence-corrected chi connectivity index (χ3v) is 2.52. The Hall–Kier alpha value is -1.10. The fourth-order valence-electron chi connectivity index (χ4n) is 1.56. The quantitative estimate of drug-likeness (QED) is 0.859. The maximum atomic E-state index is 12.3. The molecule has 0 aliphatic carbocycles. The van der Waals surface area contributed by atoms with Crippen LogP contribution in [0.25, 0.3) is 0 Å². The van der Waals surface area contributed by atoms with Crippen molar-refractivity contribution in [1.82, 2.24) is 10.3 Å². The van der Waals surface area contributed by atoms with E-state index in [1.807, 2.05) is 13.8 Å². The monoisotopic (exact) mass is 246 g/mol. The normalized spacial score (nSPS) is 13.7. The summed E-state index contributed by atoms with van der Waals surface area (Å²) in [4.78, 5) is 3.89. The van der Waals surface area contributed by atoms with Crippen LogP contribution < -0.4 is 5.32 Å². The molecule has 0 saturated carbocycles. The summed E-state index contributed by atoms with van der Waals surface area (Å²) in [5.74, 6) is 0. The van der Waals surface area contributed by atoms with E-state index in [4.69, 9.17) is 0 Å². The Labute approximate surface area is 99.3 Å². The van der Waals surface area contributed by atoms with Crippen molar-refractivity contribution < 1.29 is 13.2 Å². The highest BCUT2D eigenvalue weighted by atomic mass is 19.4. The van der Waals surface area contributed by atoms with Gasteiger partial charge in [-0.2, -0.15) is 13.2 Å². The van der Waals surface area contributed by atoms with Crippen molar-refractivity contribution in [1.29, 1.82) is 0 Å². The van der Waals surface area contributed by atoms with Crippen LogP contribution in [-0.4, -0.2) is 11.5 Å². The van der Waals surface area contributed by atoms with E-state index < -0.39 is 11.7 Å². The number of nitrogens with zero attached hydrogens (tertiary/aromatic N) is 1. The second-order valence-corrected chi connectivity index (χ2v) is 3.88. The van der Waals surface area contributed by atoms with Crippen LogP contribution in [0.2, 0.25) is 0 Å². The second-order valence-electron chi connectivity index (χ2n) is 3.88. The molecule has 0 saturated heterocycles. The van der Waals surface area contributed by atoms with E-state index >= 15 is 0 Å². The summed E-state index contributed by atoms with van der Waals surface area (Å²) in [6.45, 7) is 4.85. The van der Waals surface area contributed by atoms with Gasteiger partial charge in [0.15, 0.2) is 0 Å². The molecule has 1 atom stereocenters. The molecule has 0 aliphatic heterocycles. The highest BCUT2D eigenvalue weighted by Crippen LogP contribution is 2.29. The summed E-state index contributed by atoms with van der Waals surface area (Å²) in [5.41, 5.74) is -0.0412. The first-order valence-electron chi connectivity index (χ1n) is 5.75. The van der Waals surface area contributed by atoms with E-state index in [0.717, 1.165) is 31.6 Å². The Morgan fingerprint density at radius 3 is 2.41 bits per heavy atom. The van der Waals surface area contributed by atoms with Crippen molar-refractivity contribution in [3.63, 3.8) is 0 Å². The zero-order valence-corrected chi connectivity index (χ0v) is 10.0. The van der Waals surface area contributed by atoms with Crippen molar-refractivity contribution in [3.8, 4) is 0 Å². The number of alkyl halides is 3. The van der Waals surface area contributed by atoms with E-state index in [1.54, 1.807) is 0 Å². The lowest BCUT2D eigenvalue weighted by Gasteiger charge is -2.16. The number of nitrogens with one attached hydrogen (secondary N) is 1. The van der Waals surface area contributed by atoms with Gasteiger partial charge in [-0.15, -0.1) is 0 Å². The molecule has 0 bridgehead atoms. The van der Waals surface area contributed by atoms with E-state index in [-0.39, 0.29) is 6.04 Å². The zero-order chi connectivity index (χ0) is 12.9. The SMILES string of the molecule is CCCNC(CC)c1ccc(C(F)(F)F)cn1. The van der Waals surface area contributed by atoms with Crippen LogP contribution >= 0.6 is 0 Å².